The van der Waals surface area contributed by atoms with Crippen LogP contribution in [0.15, 0.2) is 72.8 Å². The summed E-state index contributed by atoms with van der Waals surface area (Å²) in [5.41, 5.74) is 4.35. The van der Waals surface area contributed by atoms with Crippen LogP contribution in [0.25, 0.3) is 11.1 Å². The Balaban J connectivity index is 1.34. The number of carbonyl (C=O) groups excluding carboxylic acids is 1. The molecule has 2 heterocycles. The van der Waals surface area contributed by atoms with Crippen molar-refractivity contribution in [3.05, 3.63) is 89.7 Å². The Bertz CT molecular complexity index is 1260. The third kappa shape index (κ3) is 4.83. The molecule has 2 N–H and O–H groups in total. The average molecular weight is 485 g/mol. The molecule has 6 nitrogen and oxygen atoms in total. The summed E-state index contributed by atoms with van der Waals surface area (Å²) in [6.45, 7) is 2.18. The molecule has 3 aromatic carbocycles. The van der Waals surface area contributed by atoms with Crippen molar-refractivity contribution >= 4 is 11.7 Å². The molecule has 2 aliphatic heterocycles. The lowest BCUT2D eigenvalue weighted by atomic mass is 9.74. The molecule has 0 aromatic heterocycles. The van der Waals surface area contributed by atoms with Gasteiger partial charge in [0.1, 0.15) is 5.82 Å². The summed E-state index contributed by atoms with van der Waals surface area (Å²) in [4.78, 5) is 17.2. The molecule has 0 spiro atoms. The second-order valence-electron chi connectivity index (χ2n) is 9.49. The molecule has 0 saturated carbocycles. The maximum Gasteiger partial charge on any atom is 0.321 e. The average Bonchev–Trinajstić information content (AvgIpc) is 2.89. The normalized spacial score (nSPS) is 21.9. The van der Waals surface area contributed by atoms with Crippen LogP contribution in [0.2, 0.25) is 0 Å². The van der Waals surface area contributed by atoms with Gasteiger partial charge in [-0.15, -0.1) is 0 Å². The van der Waals surface area contributed by atoms with E-state index < -0.39 is 0 Å². The number of nitrogens with one attached hydrogen (secondary N) is 1. The summed E-state index contributed by atoms with van der Waals surface area (Å²) in [6, 6.07) is 23.8. The molecule has 7 heteroatoms. The maximum atomic E-state index is 13.2. The lowest BCUT2D eigenvalue weighted by Crippen LogP contribution is -2.68. The molecule has 2 aliphatic rings. The molecule has 0 radical (unpaired) electrons. The Labute approximate surface area is 210 Å². The number of hydrogen-bond donors (Lipinski definition) is 2. The van der Waals surface area contributed by atoms with E-state index in [-0.39, 0.29) is 36.5 Å². The maximum absolute atomic E-state index is 13.2. The second kappa shape index (κ2) is 10.5. The lowest BCUT2D eigenvalue weighted by Gasteiger charge is -2.57. The van der Waals surface area contributed by atoms with Crippen molar-refractivity contribution in [3.8, 4) is 17.2 Å². The topological polar surface area (TPSA) is 79.6 Å². The fraction of sp³-hybridized carbons (Fsp3) is 0.310. The van der Waals surface area contributed by atoms with Crippen molar-refractivity contribution in [2.75, 3.05) is 31.6 Å². The van der Waals surface area contributed by atoms with Crippen molar-refractivity contribution in [2.24, 2.45) is 0 Å². The van der Waals surface area contributed by atoms with Gasteiger partial charge in [0.15, 0.2) is 0 Å². The zero-order valence-corrected chi connectivity index (χ0v) is 20.0. The summed E-state index contributed by atoms with van der Waals surface area (Å²) in [6.07, 6.45) is 1.84. The molecule has 2 saturated heterocycles. The Morgan fingerprint density at radius 1 is 1.03 bits per heavy atom. The number of anilines is 1. The van der Waals surface area contributed by atoms with Gasteiger partial charge >= 0.3 is 6.03 Å². The van der Waals surface area contributed by atoms with Crippen LogP contribution >= 0.6 is 0 Å². The molecular formula is C29H29FN4O2. The highest BCUT2D eigenvalue weighted by Gasteiger charge is 2.49. The molecule has 0 bridgehead atoms. The molecule has 184 valence electrons. The summed E-state index contributed by atoms with van der Waals surface area (Å²) in [5.74, 6) is -0.236. The van der Waals surface area contributed by atoms with Gasteiger partial charge in [-0.3, -0.25) is 4.90 Å². The first kappa shape index (κ1) is 24.0. The summed E-state index contributed by atoms with van der Waals surface area (Å²) < 4.78 is 13.2. The van der Waals surface area contributed by atoms with Gasteiger partial charge in [-0.25, -0.2) is 9.18 Å². The Morgan fingerprint density at radius 3 is 2.50 bits per heavy atom. The number of amides is 2. The van der Waals surface area contributed by atoms with Crippen molar-refractivity contribution in [2.45, 2.75) is 30.8 Å². The van der Waals surface area contributed by atoms with Gasteiger partial charge < -0.3 is 15.3 Å². The van der Waals surface area contributed by atoms with Gasteiger partial charge in [-0.1, -0.05) is 36.4 Å². The molecule has 3 atom stereocenters. The molecule has 2 fully saturated rings. The third-order valence-electron chi connectivity index (χ3n) is 7.37. The van der Waals surface area contributed by atoms with Gasteiger partial charge in [-0.2, -0.15) is 5.26 Å². The molecule has 5 rings (SSSR count). The monoisotopic (exact) mass is 484 g/mol. The highest BCUT2D eigenvalue weighted by molar-refractivity contribution is 5.89. The first-order valence-electron chi connectivity index (χ1n) is 12.4. The lowest BCUT2D eigenvalue weighted by molar-refractivity contribution is -0.0585. The second-order valence-corrected chi connectivity index (χ2v) is 9.49. The molecule has 0 unspecified atom stereocenters. The van der Waals surface area contributed by atoms with E-state index in [2.05, 4.69) is 40.6 Å². The van der Waals surface area contributed by atoms with Crippen molar-refractivity contribution in [1.29, 1.82) is 5.26 Å². The zero-order chi connectivity index (χ0) is 25.1. The number of aliphatic hydroxyl groups is 1. The molecular weight excluding hydrogens is 455 g/mol. The standard InChI is InChI=1S/C29H29FN4O2/c30-24-10-12-25(13-11-24)32-29(36)33-14-1-2-15-34-26(18-33)28(27(34)19-35)22-8-6-21(7-9-22)23-5-3-4-20(16-23)17-31/h3-13,16,26-28,35H,1-2,14-15,18-19H2,(H,32,36)/t26-,27-,28-/m1/s1. The van der Waals surface area contributed by atoms with Crippen LogP contribution in [0, 0.1) is 17.1 Å². The smallest absolute Gasteiger partial charge is 0.321 e. The molecule has 3 aromatic rings. The van der Waals surface area contributed by atoms with E-state index >= 15 is 0 Å². The summed E-state index contributed by atoms with van der Waals surface area (Å²) >= 11 is 0. The predicted octanol–water partition coefficient (Wildman–Crippen LogP) is 4.82. The predicted molar refractivity (Wildman–Crippen MR) is 137 cm³/mol. The highest BCUT2D eigenvalue weighted by atomic mass is 19.1. The Kier molecular flexibility index (Phi) is 6.99. The van der Waals surface area contributed by atoms with Gasteiger partial charge in [0.05, 0.1) is 18.2 Å². The van der Waals surface area contributed by atoms with Crippen LogP contribution < -0.4 is 5.32 Å². The minimum atomic E-state index is -0.342. The minimum Gasteiger partial charge on any atom is -0.395 e. The first-order chi connectivity index (χ1) is 17.6. The highest BCUT2D eigenvalue weighted by Crippen LogP contribution is 2.42. The van der Waals surface area contributed by atoms with Gasteiger partial charge in [0.2, 0.25) is 0 Å². The van der Waals surface area contributed by atoms with E-state index in [1.807, 2.05) is 23.1 Å². The third-order valence-corrected chi connectivity index (χ3v) is 7.37. The SMILES string of the molecule is N#Cc1cccc(-c2ccc([C@H]3[C@@H](CO)N4CCCCN(C(=O)Nc5ccc(F)cc5)C[C@H]34)cc2)c1. The number of carbonyl (C=O) groups is 1. The first-order valence-corrected chi connectivity index (χ1v) is 12.4. The number of hydrogen-bond acceptors (Lipinski definition) is 4. The Morgan fingerprint density at radius 2 is 1.78 bits per heavy atom. The number of benzene rings is 3. The number of aliphatic hydroxyl groups excluding tert-OH is 1. The fourth-order valence-electron chi connectivity index (χ4n) is 5.53. The fourth-order valence-corrected chi connectivity index (χ4v) is 5.53. The number of rotatable bonds is 4. The number of nitriles is 1. The summed E-state index contributed by atoms with van der Waals surface area (Å²) in [5, 5.41) is 22.3. The van der Waals surface area contributed by atoms with Gasteiger partial charge in [0, 0.05) is 36.8 Å². The van der Waals surface area contributed by atoms with Crippen LogP contribution in [0.5, 0.6) is 0 Å². The Hall–Kier alpha value is -3.73. The molecule has 2 amide bonds. The van der Waals surface area contributed by atoms with Crippen LogP contribution in [0.1, 0.15) is 29.9 Å². The van der Waals surface area contributed by atoms with Crippen molar-refractivity contribution in [1.82, 2.24) is 9.80 Å². The van der Waals surface area contributed by atoms with E-state index in [1.54, 1.807) is 18.2 Å². The van der Waals surface area contributed by atoms with Crippen molar-refractivity contribution in [3.63, 3.8) is 0 Å². The summed E-state index contributed by atoms with van der Waals surface area (Å²) in [7, 11) is 0. The van der Waals surface area contributed by atoms with E-state index in [0.717, 1.165) is 36.1 Å². The molecule has 0 aliphatic carbocycles. The van der Waals surface area contributed by atoms with E-state index in [1.165, 1.54) is 12.1 Å². The number of urea groups is 1. The van der Waals surface area contributed by atoms with Crippen LogP contribution in [0.4, 0.5) is 14.9 Å². The number of fused-ring (bicyclic) bond motifs is 1. The van der Waals surface area contributed by atoms with Gasteiger partial charge in [0.25, 0.3) is 0 Å². The van der Waals surface area contributed by atoms with E-state index in [4.69, 9.17) is 0 Å². The van der Waals surface area contributed by atoms with Crippen LogP contribution in [-0.2, 0) is 0 Å². The largest absolute Gasteiger partial charge is 0.395 e. The van der Waals surface area contributed by atoms with Crippen LogP contribution in [0.3, 0.4) is 0 Å². The quantitative estimate of drug-likeness (QED) is 0.557. The number of halogens is 1. The van der Waals surface area contributed by atoms with Crippen molar-refractivity contribution < 1.29 is 14.3 Å². The molecule has 36 heavy (non-hydrogen) atoms. The number of nitrogens with zero attached hydrogens (tertiary/aromatic N) is 3. The van der Waals surface area contributed by atoms with E-state index in [0.29, 0.717) is 24.3 Å². The zero-order valence-electron chi connectivity index (χ0n) is 20.0. The van der Waals surface area contributed by atoms with E-state index in [9.17, 15) is 19.6 Å². The minimum absolute atomic E-state index is 0.0166. The van der Waals surface area contributed by atoms with Gasteiger partial charge in [-0.05, 0) is 72.5 Å². The van der Waals surface area contributed by atoms with Crippen LogP contribution in [-0.4, -0.2) is 59.3 Å².